The van der Waals surface area contributed by atoms with Crippen LogP contribution in [0.1, 0.15) is 16.1 Å². The number of amides is 1. The van der Waals surface area contributed by atoms with Crippen molar-refractivity contribution in [2.75, 3.05) is 5.32 Å². The van der Waals surface area contributed by atoms with Gasteiger partial charge in [-0.05, 0) is 62.5 Å². The van der Waals surface area contributed by atoms with E-state index in [4.69, 9.17) is 0 Å². The summed E-state index contributed by atoms with van der Waals surface area (Å²) >= 11 is 6.58. The Kier molecular flexibility index (Phi) is 4.08. The molecule has 0 radical (unpaired) electrons. The number of hydrogen-bond acceptors (Lipinski definition) is 3. The molecule has 0 aliphatic rings. The number of halogens is 2. The molecule has 0 aliphatic carbocycles. The van der Waals surface area contributed by atoms with Crippen LogP contribution in [0.5, 0.6) is 0 Å². The van der Waals surface area contributed by atoms with Crippen molar-refractivity contribution in [1.29, 1.82) is 0 Å². The molecule has 2 heterocycles. The van der Waals surface area contributed by atoms with E-state index in [2.05, 4.69) is 47.1 Å². The highest BCUT2D eigenvalue weighted by atomic mass is 79.9. The van der Waals surface area contributed by atoms with Gasteiger partial charge < -0.3 is 5.32 Å². The molecule has 1 N–H and O–H groups in total. The summed E-state index contributed by atoms with van der Waals surface area (Å²) in [5.41, 5.74) is 1.34. The first-order valence-corrected chi connectivity index (χ1v) is 6.71. The second-order valence-electron chi connectivity index (χ2n) is 3.62. The molecule has 2 aromatic heterocycles. The molecule has 0 atom stereocenters. The fraction of sp³-hybridized carbons (Fsp3) is 0.0833. The van der Waals surface area contributed by atoms with Crippen LogP contribution < -0.4 is 5.32 Å². The molecule has 0 saturated heterocycles. The van der Waals surface area contributed by atoms with Crippen LogP contribution in [0.25, 0.3) is 0 Å². The van der Waals surface area contributed by atoms with E-state index >= 15 is 0 Å². The largest absolute Gasteiger partial charge is 0.305 e. The Balaban J connectivity index is 2.18. The average Bonchev–Trinajstić information content (AvgIpc) is 2.34. The lowest BCUT2D eigenvalue weighted by Crippen LogP contribution is -2.14. The standard InChI is InChI=1S/C12H9Br2N3O/c1-7-5-11(15-6-8(7)13)17-12(18)9-3-2-4-10(14)16-9/h2-6H,1H3,(H,15,17,18). The Morgan fingerprint density at radius 2 is 2.11 bits per heavy atom. The van der Waals surface area contributed by atoms with Crippen molar-refractivity contribution in [1.82, 2.24) is 9.97 Å². The normalized spacial score (nSPS) is 10.2. The topological polar surface area (TPSA) is 54.9 Å². The molecule has 92 valence electrons. The molecule has 0 fully saturated rings. The van der Waals surface area contributed by atoms with Gasteiger partial charge in [-0.15, -0.1) is 0 Å². The minimum absolute atomic E-state index is 0.287. The van der Waals surface area contributed by atoms with Crippen molar-refractivity contribution < 1.29 is 4.79 Å². The Hall–Kier alpha value is -1.27. The van der Waals surface area contributed by atoms with Crippen LogP contribution in [0.2, 0.25) is 0 Å². The second kappa shape index (κ2) is 5.58. The molecule has 0 unspecified atom stereocenters. The zero-order valence-corrected chi connectivity index (χ0v) is 12.6. The predicted octanol–water partition coefficient (Wildman–Crippen LogP) is 3.56. The van der Waals surface area contributed by atoms with Crippen LogP contribution in [-0.4, -0.2) is 15.9 Å². The molecule has 0 aromatic carbocycles. The smallest absolute Gasteiger partial charge is 0.275 e. The van der Waals surface area contributed by atoms with E-state index in [0.717, 1.165) is 10.0 Å². The van der Waals surface area contributed by atoms with E-state index in [9.17, 15) is 4.79 Å². The number of aryl methyl sites for hydroxylation is 1. The first-order valence-electron chi connectivity index (χ1n) is 5.12. The van der Waals surface area contributed by atoms with Gasteiger partial charge in [-0.1, -0.05) is 6.07 Å². The first kappa shape index (κ1) is 13.2. The number of rotatable bonds is 2. The summed E-state index contributed by atoms with van der Waals surface area (Å²) in [6.45, 7) is 1.93. The fourth-order valence-corrected chi connectivity index (χ4v) is 1.88. The molecule has 1 amide bonds. The maximum atomic E-state index is 11.9. The zero-order valence-electron chi connectivity index (χ0n) is 9.45. The molecule has 2 rings (SSSR count). The first-order chi connectivity index (χ1) is 8.56. The van der Waals surface area contributed by atoms with Gasteiger partial charge >= 0.3 is 0 Å². The van der Waals surface area contributed by atoms with Gasteiger partial charge in [-0.2, -0.15) is 0 Å². The van der Waals surface area contributed by atoms with E-state index in [0.29, 0.717) is 16.1 Å². The third-order valence-corrected chi connectivity index (χ3v) is 3.51. The molecule has 6 heteroatoms. The molecular formula is C12H9Br2N3O. The molecule has 4 nitrogen and oxygen atoms in total. The summed E-state index contributed by atoms with van der Waals surface area (Å²) in [5.74, 6) is 0.216. The Labute approximate surface area is 121 Å². The summed E-state index contributed by atoms with van der Waals surface area (Å²) in [6, 6.07) is 6.96. The van der Waals surface area contributed by atoms with Crippen LogP contribution in [0.3, 0.4) is 0 Å². The van der Waals surface area contributed by atoms with Gasteiger partial charge in [0.1, 0.15) is 16.1 Å². The number of anilines is 1. The summed E-state index contributed by atoms with van der Waals surface area (Å²) in [7, 11) is 0. The van der Waals surface area contributed by atoms with Crippen molar-refractivity contribution in [2.24, 2.45) is 0 Å². The number of carbonyl (C=O) groups is 1. The van der Waals surface area contributed by atoms with Crippen LogP contribution >= 0.6 is 31.9 Å². The maximum absolute atomic E-state index is 11.9. The summed E-state index contributed by atoms with van der Waals surface area (Å²) in [5, 5.41) is 2.70. The van der Waals surface area contributed by atoms with E-state index in [1.807, 2.05) is 6.92 Å². The van der Waals surface area contributed by atoms with E-state index < -0.39 is 0 Å². The molecule has 0 bridgehead atoms. The van der Waals surface area contributed by atoms with Gasteiger partial charge in [0.15, 0.2) is 0 Å². The van der Waals surface area contributed by atoms with Crippen molar-refractivity contribution in [3.05, 3.63) is 50.8 Å². The number of hydrogen-bond donors (Lipinski definition) is 1. The van der Waals surface area contributed by atoms with Crippen LogP contribution in [-0.2, 0) is 0 Å². The lowest BCUT2D eigenvalue weighted by atomic mass is 10.3. The molecular weight excluding hydrogens is 362 g/mol. The van der Waals surface area contributed by atoms with Crippen molar-refractivity contribution >= 4 is 43.6 Å². The highest BCUT2D eigenvalue weighted by molar-refractivity contribution is 9.10. The molecule has 0 aliphatic heterocycles. The third-order valence-electron chi connectivity index (χ3n) is 2.24. The monoisotopic (exact) mass is 369 g/mol. The minimum atomic E-state index is -0.287. The minimum Gasteiger partial charge on any atom is -0.305 e. The summed E-state index contributed by atoms with van der Waals surface area (Å²) in [6.07, 6.45) is 1.65. The SMILES string of the molecule is Cc1cc(NC(=O)c2cccc(Br)n2)ncc1Br. The average molecular weight is 371 g/mol. The number of nitrogens with zero attached hydrogens (tertiary/aromatic N) is 2. The molecule has 0 saturated carbocycles. The fourth-order valence-electron chi connectivity index (χ4n) is 1.32. The zero-order chi connectivity index (χ0) is 13.1. The second-order valence-corrected chi connectivity index (χ2v) is 5.29. The van der Waals surface area contributed by atoms with Gasteiger partial charge in [0, 0.05) is 10.7 Å². The van der Waals surface area contributed by atoms with Crippen LogP contribution in [0, 0.1) is 6.92 Å². The Bertz CT molecular complexity index is 602. The molecule has 2 aromatic rings. The highest BCUT2D eigenvalue weighted by Crippen LogP contribution is 2.17. The number of nitrogens with one attached hydrogen (secondary N) is 1. The predicted molar refractivity (Wildman–Crippen MR) is 76.6 cm³/mol. The number of carbonyl (C=O) groups excluding carboxylic acids is 1. The highest BCUT2D eigenvalue weighted by Gasteiger charge is 2.09. The van der Waals surface area contributed by atoms with E-state index in [-0.39, 0.29) is 5.91 Å². The third kappa shape index (κ3) is 3.14. The molecule has 0 spiro atoms. The maximum Gasteiger partial charge on any atom is 0.275 e. The number of aromatic nitrogens is 2. The summed E-state index contributed by atoms with van der Waals surface area (Å²) < 4.78 is 1.52. The number of pyridine rings is 2. The van der Waals surface area contributed by atoms with Gasteiger partial charge in [0.2, 0.25) is 0 Å². The van der Waals surface area contributed by atoms with Gasteiger partial charge in [-0.3, -0.25) is 4.79 Å². The Morgan fingerprint density at radius 3 is 2.78 bits per heavy atom. The van der Waals surface area contributed by atoms with Gasteiger partial charge in [-0.25, -0.2) is 9.97 Å². The van der Waals surface area contributed by atoms with Gasteiger partial charge in [0.05, 0.1) is 0 Å². The van der Waals surface area contributed by atoms with E-state index in [1.165, 1.54) is 0 Å². The van der Waals surface area contributed by atoms with Crippen LogP contribution in [0.15, 0.2) is 39.5 Å². The summed E-state index contributed by atoms with van der Waals surface area (Å²) in [4.78, 5) is 20.1. The van der Waals surface area contributed by atoms with Crippen molar-refractivity contribution in [2.45, 2.75) is 6.92 Å². The van der Waals surface area contributed by atoms with Crippen molar-refractivity contribution in [3.63, 3.8) is 0 Å². The van der Waals surface area contributed by atoms with Gasteiger partial charge in [0.25, 0.3) is 5.91 Å². The quantitative estimate of drug-likeness (QED) is 0.822. The molecule has 18 heavy (non-hydrogen) atoms. The lowest BCUT2D eigenvalue weighted by molar-refractivity contribution is 0.102. The van der Waals surface area contributed by atoms with Crippen molar-refractivity contribution in [3.8, 4) is 0 Å². The van der Waals surface area contributed by atoms with Crippen LogP contribution in [0.4, 0.5) is 5.82 Å². The van der Waals surface area contributed by atoms with E-state index in [1.54, 1.807) is 30.5 Å². The Morgan fingerprint density at radius 1 is 1.33 bits per heavy atom. The lowest BCUT2D eigenvalue weighted by Gasteiger charge is -2.05.